The van der Waals surface area contributed by atoms with Crippen molar-refractivity contribution in [3.8, 4) is 0 Å². The lowest BCUT2D eigenvalue weighted by Crippen LogP contribution is -2.40. The van der Waals surface area contributed by atoms with Gasteiger partial charge in [0.1, 0.15) is 0 Å². The molecule has 1 atom stereocenters. The Hall–Kier alpha value is -2.14. The fourth-order valence-electron chi connectivity index (χ4n) is 1.56. The Bertz CT molecular complexity index is 454. The van der Waals surface area contributed by atoms with E-state index in [4.69, 9.17) is 10.8 Å². The zero-order chi connectivity index (χ0) is 14.3. The van der Waals surface area contributed by atoms with E-state index in [9.17, 15) is 9.59 Å². The Labute approximate surface area is 112 Å². The summed E-state index contributed by atoms with van der Waals surface area (Å²) in [6, 6.07) is 6.00. The van der Waals surface area contributed by atoms with Crippen LogP contribution >= 0.6 is 0 Å². The molecule has 0 saturated heterocycles. The third kappa shape index (κ3) is 4.93. The Morgan fingerprint density at radius 2 is 2.00 bits per heavy atom. The Kier molecular flexibility index (Phi) is 5.75. The molecule has 1 amide bonds. The van der Waals surface area contributed by atoms with Crippen molar-refractivity contribution < 1.29 is 14.7 Å². The second-order valence-corrected chi connectivity index (χ2v) is 4.17. The Morgan fingerprint density at radius 3 is 2.53 bits per heavy atom. The summed E-state index contributed by atoms with van der Waals surface area (Å²) in [5, 5.41) is 11.5. The highest BCUT2D eigenvalue weighted by molar-refractivity contribution is 5.87. The first kappa shape index (κ1) is 14.9. The zero-order valence-electron chi connectivity index (χ0n) is 10.6. The second-order valence-electron chi connectivity index (χ2n) is 4.17. The molecule has 0 bridgehead atoms. The van der Waals surface area contributed by atoms with E-state index in [0.717, 1.165) is 5.56 Å². The third-order valence-corrected chi connectivity index (χ3v) is 2.67. The van der Waals surface area contributed by atoms with Gasteiger partial charge in [0, 0.05) is 6.54 Å². The summed E-state index contributed by atoms with van der Waals surface area (Å²) < 4.78 is 0. The summed E-state index contributed by atoms with van der Waals surface area (Å²) in [4.78, 5) is 22.2. The molecule has 5 heteroatoms. The molecule has 102 valence electrons. The predicted octanol–water partition coefficient (Wildman–Crippen LogP) is 0.947. The summed E-state index contributed by atoms with van der Waals surface area (Å²) in [7, 11) is 0. The number of nitrogens with two attached hydrogens (primary N) is 1. The van der Waals surface area contributed by atoms with Crippen molar-refractivity contribution in [1.82, 2.24) is 5.32 Å². The number of carbonyl (C=O) groups excluding carboxylic acids is 1. The third-order valence-electron chi connectivity index (χ3n) is 2.67. The van der Waals surface area contributed by atoms with Crippen LogP contribution in [-0.4, -0.2) is 29.6 Å². The molecule has 1 aromatic carbocycles. The SMILES string of the molecule is C=CCC(N)C(=O)NCCc1ccc(C(=O)O)cc1. The molecule has 0 aromatic heterocycles. The lowest BCUT2D eigenvalue weighted by molar-refractivity contribution is -0.122. The van der Waals surface area contributed by atoms with Gasteiger partial charge in [-0.3, -0.25) is 4.79 Å². The maximum absolute atomic E-state index is 11.5. The fourth-order valence-corrected chi connectivity index (χ4v) is 1.56. The van der Waals surface area contributed by atoms with Crippen molar-refractivity contribution in [2.45, 2.75) is 18.9 Å². The standard InChI is InChI=1S/C14H18N2O3/c1-2-3-12(15)13(17)16-9-8-10-4-6-11(7-5-10)14(18)19/h2,4-7,12H,1,3,8-9,15H2,(H,16,17)(H,18,19). The first-order valence-electron chi connectivity index (χ1n) is 6.01. The van der Waals surface area contributed by atoms with Crippen LogP contribution in [0.15, 0.2) is 36.9 Å². The van der Waals surface area contributed by atoms with Crippen molar-refractivity contribution >= 4 is 11.9 Å². The molecule has 0 heterocycles. The molecule has 1 unspecified atom stereocenters. The first-order chi connectivity index (χ1) is 9.04. The molecule has 19 heavy (non-hydrogen) atoms. The van der Waals surface area contributed by atoms with Gasteiger partial charge in [0.25, 0.3) is 0 Å². The average molecular weight is 262 g/mol. The molecule has 1 rings (SSSR count). The molecule has 0 spiro atoms. The van der Waals surface area contributed by atoms with Crippen LogP contribution < -0.4 is 11.1 Å². The van der Waals surface area contributed by atoms with Crippen molar-refractivity contribution in [2.75, 3.05) is 6.54 Å². The van der Waals surface area contributed by atoms with Gasteiger partial charge < -0.3 is 16.2 Å². The number of carboxylic acid groups (broad SMARTS) is 1. The van der Waals surface area contributed by atoms with Gasteiger partial charge in [0.05, 0.1) is 11.6 Å². The highest BCUT2D eigenvalue weighted by Crippen LogP contribution is 2.04. The van der Waals surface area contributed by atoms with Gasteiger partial charge in [0.15, 0.2) is 0 Å². The van der Waals surface area contributed by atoms with E-state index in [2.05, 4.69) is 11.9 Å². The molecule has 0 radical (unpaired) electrons. The molecule has 4 N–H and O–H groups in total. The molecule has 0 saturated carbocycles. The number of carbonyl (C=O) groups is 2. The molecule has 0 aliphatic heterocycles. The van der Waals surface area contributed by atoms with Crippen LogP contribution in [0.1, 0.15) is 22.3 Å². The number of amides is 1. The van der Waals surface area contributed by atoms with E-state index in [-0.39, 0.29) is 11.5 Å². The lowest BCUT2D eigenvalue weighted by Gasteiger charge is -2.10. The van der Waals surface area contributed by atoms with Crippen LogP contribution in [0.25, 0.3) is 0 Å². The van der Waals surface area contributed by atoms with Crippen LogP contribution in [0.3, 0.4) is 0 Å². The first-order valence-corrected chi connectivity index (χ1v) is 6.01. The zero-order valence-corrected chi connectivity index (χ0v) is 10.6. The van der Waals surface area contributed by atoms with Gasteiger partial charge >= 0.3 is 5.97 Å². The van der Waals surface area contributed by atoms with Crippen LogP contribution in [0.2, 0.25) is 0 Å². The van der Waals surface area contributed by atoms with E-state index in [1.165, 1.54) is 0 Å². The van der Waals surface area contributed by atoms with Crippen LogP contribution in [0.5, 0.6) is 0 Å². The molecular formula is C14H18N2O3. The Balaban J connectivity index is 2.39. The largest absolute Gasteiger partial charge is 0.478 e. The molecule has 5 nitrogen and oxygen atoms in total. The number of hydrogen-bond acceptors (Lipinski definition) is 3. The van der Waals surface area contributed by atoms with Gasteiger partial charge in [0.2, 0.25) is 5.91 Å². The van der Waals surface area contributed by atoms with Crippen molar-refractivity contribution in [3.05, 3.63) is 48.0 Å². The fraction of sp³-hybridized carbons (Fsp3) is 0.286. The van der Waals surface area contributed by atoms with E-state index in [1.54, 1.807) is 30.3 Å². The van der Waals surface area contributed by atoms with Crippen LogP contribution in [0.4, 0.5) is 0 Å². The van der Waals surface area contributed by atoms with Gasteiger partial charge in [-0.05, 0) is 30.5 Å². The highest BCUT2D eigenvalue weighted by atomic mass is 16.4. The van der Waals surface area contributed by atoms with Gasteiger partial charge in [-0.2, -0.15) is 0 Å². The van der Waals surface area contributed by atoms with E-state index in [0.29, 0.717) is 19.4 Å². The highest BCUT2D eigenvalue weighted by Gasteiger charge is 2.10. The van der Waals surface area contributed by atoms with Crippen molar-refractivity contribution in [1.29, 1.82) is 0 Å². The molecule has 0 aliphatic rings. The smallest absolute Gasteiger partial charge is 0.335 e. The quantitative estimate of drug-likeness (QED) is 0.638. The van der Waals surface area contributed by atoms with E-state index in [1.807, 2.05) is 0 Å². The molecular weight excluding hydrogens is 244 g/mol. The van der Waals surface area contributed by atoms with E-state index >= 15 is 0 Å². The number of hydrogen-bond donors (Lipinski definition) is 3. The minimum absolute atomic E-state index is 0.206. The summed E-state index contributed by atoms with van der Waals surface area (Å²) in [5.41, 5.74) is 6.82. The predicted molar refractivity (Wildman–Crippen MR) is 72.9 cm³/mol. The van der Waals surface area contributed by atoms with E-state index < -0.39 is 12.0 Å². The van der Waals surface area contributed by atoms with Crippen molar-refractivity contribution in [2.24, 2.45) is 5.73 Å². The second kappa shape index (κ2) is 7.33. The summed E-state index contributed by atoms with van der Waals surface area (Å²) >= 11 is 0. The topological polar surface area (TPSA) is 92.4 Å². The molecule has 0 aliphatic carbocycles. The number of nitrogens with one attached hydrogen (secondary N) is 1. The number of benzene rings is 1. The molecule has 1 aromatic rings. The van der Waals surface area contributed by atoms with Crippen LogP contribution in [-0.2, 0) is 11.2 Å². The van der Waals surface area contributed by atoms with Gasteiger partial charge in [-0.1, -0.05) is 18.2 Å². The summed E-state index contributed by atoms with van der Waals surface area (Å²) in [6.07, 6.45) is 2.68. The average Bonchev–Trinajstić information content (AvgIpc) is 2.39. The maximum atomic E-state index is 11.5. The number of aromatic carboxylic acids is 1. The number of rotatable bonds is 7. The lowest BCUT2D eigenvalue weighted by atomic mass is 10.1. The van der Waals surface area contributed by atoms with Gasteiger partial charge in [-0.15, -0.1) is 6.58 Å². The molecule has 0 fully saturated rings. The normalized spacial score (nSPS) is 11.6. The summed E-state index contributed by atoms with van der Waals surface area (Å²) in [6.45, 7) is 3.99. The monoisotopic (exact) mass is 262 g/mol. The number of carboxylic acids is 1. The Morgan fingerprint density at radius 1 is 1.37 bits per heavy atom. The maximum Gasteiger partial charge on any atom is 0.335 e. The van der Waals surface area contributed by atoms with Crippen molar-refractivity contribution in [3.63, 3.8) is 0 Å². The van der Waals surface area contributed by atoms with Gasteiger partial charge in [-0.25, -0.2) is 4.79 Å². The van der Waals surface area contributed by atoms with Crippen LogP contribution in [0, 0.1) is 0 Å². The summed E-state index contributed by atoms with van der Waals surface area (Å²) in [5.74, 6) is -1.16. The minimum Gasteiger partial charge on any atom is -0.478 e. The minimum atomic E-state index is -0.949.